The van der Waals surface area contributed by atoms with Crippen molar-refractivity contribution in [1.82, 2.24) is 4.98 Å². The fourth-order valence-electron chi connectivity index (χ4n) is 1.46. The molecule has 1 aromatic heterocycles. The number of ether oxygens (including phenoxy) is 1. The zero-order valence-corrected chi connectivity index (χ0v) is 9.37. The largest absolute Gasteiger partial charge is 0.493 e. The normalized spacial score (nSPS) is 9.88. The van der Waals surface area contributed by atoms with Crippen LogP contribution in [0.4, 0.5) is 0 Å². The van der Waals surface area contributed by atoms with E-state index in [0.29, 0.717) is 12.2 Å². The lowest BCUT2D eigenvalue weighted by atomic mass is 10.2. The van der Waals surface area contributed by atoms with Crippen molar-refractivity contribution in [3.8, 4) is 5.75 Å². The summed E-state index contributed by atoms with van der Waals surface area (Å²) in [7, 11) is 0. The van der Waals surface area contributed by atoms with E-state index in [1.54, 1.807) is 30.5 Å². The minimum Gasteiger partial charge on any atom is -0.493 e. The molecule has 3 heteroatoms. The van der Waals surface area contributed by atoms with Crippen LogP contribution >= 0.6 is 0 Å². The van der Waals surface area contributed by atoms with Crippen molar-refractivity contribution in [2.75, 3.05) is 6.61 Å². The maximum Gasteiger partial charge on any atom is 0.150 e. The van der Waals surface area contributed by atoms with Gasteiger partial charge in [0.2, 0.25) is 0 Å². The van der Waals surface area contributed by atoms with Crippen molar-refractivity contribution >= 4 is 6.29 Å². The van der Waals surface area contributed by atoms with Crippen LogP contribution in [0.1, 0.15) is 16.1 Å². The van der Waals surface area contributed by atoms with E-state index in [4.69, 9.17) is 4.74 Å². The van der Waals surface area contributed by atoms with E-state index in [1.165, 1.54) is 0 Å². The molecule has 1 aromatic carbocycles. The van der Waals surface area contributed by atoms with Crippen LogP contribution in [0.5, 0.6) is 5.75 Å². The Morgan fingerprint density at radius 1 is 1.12 bits per heavy atom. The highest BCUT2D eigenvalue weighted by molar-refractivity contribution is 5.74. The molecule has 0 fully saturated rings. The SMILES string of the molecule is O=Cc1ccc(OCCc2ccccn2)cc1. The molecule has 0 aliphatic rings. The number of hydrogen-bond donors (Lipinski definition) is 0. The number of nitrogens with zero attached hydrogens (tertiary/aromatic N) is 1. The van der Waals surface area contributed by atoms with Gasteiger partial charge in [-0.2, -0.15) is 0 Å². The molecule has 0 saturated carbocycles. The van der Waals surface area contributed by atoms with E-state index in [9.17, 15) is 4.79 Å². The summed E-state index contributed by atoms with van der Waals surface area (Å²) in [5.41, 5.74) is 1.67. The molecule has 3 nitrogen and oxygen atoms in total. The molecule has 0 N–H and O–H groups in total. The van der Waals surface area contributed by atoms with Gasteiger partial charge in [0.05, 0.1) is 6.61 Å². The van der Waals surface area contributed by atoms with E-state index in [1.807, 2.05) is 18.2 Å². The van der Waals surface area contributed by atoms with Crippen LogP contribution in [0, 0.1) is 0 Å². The topological polar surface area (TPSA) is 39.2 Å². The minimum absolute atomic E-state index is 0.581. The van der Waals surface area contributed by atoms with Gasteiger partial charge in [0.15, 0.2) is 0 Å². The molecule has 0 saturated heterocycles. The van der Waals surface area contributed by atoms with Gasteiger partial charge in [-0.3, -0.25) is 9.78 Å². The summed E-state index contributed by atoms with van der Waals surface area (Å²) in [6.07, 6.45) is 3.36. The Balaban J connectivity index is 1.84. The molecule has 0 spiro atoms. The number of carbonyl (C=O) groups is 1. The molecular formula is C14H13NO2. The van der Waals surface area contributed by atoms with Gasteiger partial charge in [0, 0.05) is 23.9 Å². The molecule has 1 heterocycles. The van der Waals surface area contributed by atoms with Crippen LogP contribution in [0.25, 0.3) is 0 Å². The second kappa shape index (κ2) is 5.80. The standard InChI is InChI=1S/C14H13NO2/c16-11-12-4-6-14(7-5-12)17-10-8-13-3-1-2-9-15-13/h1-7,9,11H,8,10H2. The molecule has 86 valence electrons. The molecule has 0 unspecified atom stereocenters. The fourth-order valence-corrected chi connectivity index (χ4v) is 1.46. The van der Waals surface area contributed by atoms with Crippen LogP contribution in [-0.4, -0.2) is 17.9 Å². The van der Waals surface area contributed by atoms with Gasteiger partial charge in [0.1, 0.15) is 12.0 Å². The minimum atomic E-state index is 0.581. The first-order chi connectivity index (χ1) is 8.38. The number of aromatic nitrogens is 1. The van der Waals surface area contributed by atoms with Crippen LogP contribution in [0.2, 0.25) is 0 Å². The summed E-state index contributed by atoms with van der Waals surface area (Å²) >= 11 is 0. The van der Waals surface area contributed by atoms with Crippen molar-refractivity contribution in [2.24, 2.45) is 0 Å². The van der Waals surface area contributed by atoms with Crippen LogP contribution in [0.15, 0.2) is 48.7 Å². The summed E-state index contributed by atoms with van der Waals surface area (Å²) in [6.45, 7) is 0.581. The van der Waals surface area contributed by atoms with Gasteiger partial charge >= 0.3 is 0 Å². The molecule has 0 aliphatic heterocycles. The maximum atomic E-state index is 10.5. The van der Waals surface area contributed by atoms with Gasteiger partial charge < -0.3 is 4.74 Å². The summed E-state index contributed by atoms with van der Waals surface area (Å²) in [5.74, 6) is 0.770. The molecule has 0 radical (unpaired) electrons. The molecule has 0 amide bonds. The van der Waals surface area contributed by atoms with Gasteiger partial charge in [-0.1, -0.05) is 6.07 Å². The molecule has 0 aliphatic carbocycles. The quantitative estimate of drug-likeness (QED) is 0.737. The Bertz CT molecular complexity index is 465. The van der Waals surface area contributed by atoms with Crippen molar-refractivity contribution in [3.05, 3.63) is 59.9 Å². The first-order valence-electron chi connectivity index (χ1n) is 5.46. The van der Waals surface area contributed by atoms with Crippen LogP contribution in [0.3, 0.4) is 0 Å². The third-order valence-electron chi connectivity index (χ3n) is 2.37. The van der Waals surface area contributed by atoms with Crippen molar-refractivity contribution in [2.45, 2.75) is 6.42 Å². The van der Waals surface area contributed by atoms with Crippen LogP contribution in [-0.2, 0) is 6.42 Å². The van der Waals surface area contributed by atoms with E-state index in [2.05, 4.69) is 4.98 Å². The lowest BCUT2D eigenvalue weighted by molar-refractivity contribution is 0.112. The van der Waals surface area contributed by atoms with Gasteiger partial charge in [-0.05, 0) is 36.4 Å². The average molecular weight is 227 g/mol. The molecule has 2 rings (SSSR count). The van der Waals surface area contributed by atoms with Gasteiger partial charge in [-0.25, -0.2) is 0 Å². The van der Waals surface area contributed by atoms with Crippen molar-refractivity contribution in [3.63, 3.8) is 0 Å². The number of benzene rings is 1. The highest BCUT2D eigenvalue weighted by Crippen LogP contribution is 2.11. The lowest BCUT2D eigenvalue weighted by Gasteiger charge is -2.05. The molecule has 0 bridgehead atoms. The van der Waals surface area contributed by atoms with E-state index < -0.39 is 0 Å². The summed E-state index contributed by atoms with van der Waals surface area (Å²) in [6, 6.07) is 12.9. The zero-order chi connectivity index (χ0) is 11.9. The number of hydrogen-bond acceptors (Lipinski definition) is 3. The molecular weight excluding hydrogens is 214 g/mol. The monoisotopic (exact) mass is 227 g/mol. The number of rotatable bonds is 5. The lowest BCUT2D eigenvalue weighted by Crippen LogP contribution is -2.02. The predicted molar refractivity (Wildman–Crippen MR) is 65.3 cm³/mol. The van der Waals surface area contributed by atoms with Gasteiger partial charge in [-0.15, -0.1) is 0 Å². The van der Waals surface area contributed by atoms with E-state index in [-0.39, 0.29) is 0 Å². The smallest absolute Gasteiger partial charge is 0.150 e. The summed E-state index contributed by atoms with van der Waals surface area (Å²) < 4.78 is 5.55. The second-order valence-corrected chi connectivity index (χ2v) is 3.61. The predicted octanol–water partition coefficient (Wildman–Crippen LogP) is 2.52. The Labute approximate surface area is 100 Å². The number of aldehydes is 1. The first kappa shape index (κ1) is 11.3. The Morgan fingerprint density at radius 2 is 1.94 bits per heavy atom. The Kier molecular flexibility index (Phi) is 3.86. The Morgan fingerprint density at radius 3 is 2.59 bits per heavy atom. The summed E-state index contributed by atoms with van der Waals surface area (Å²) in [4.78, 5) is 14.7. The Hall–Kier alpha value is -2.16. The molecule has 2 aromatic rings. The zero-order valence-electron chi connectivity index (χ0n) is 9.37. The third kappa shape index (κ3) is 3.41. The van der Waals surface area contributed by atoms with E-state index >= 15 is 0 Å². The summed E-state index contributed by atoms with van der Waals surface area (Å²) in [5, 5.41) is 0. The average Bonchev–Trinajstić information content (AvgIpc) is 2.41. The van der Waals surface area contributed by atoms with Gasteiger partial charge in [0.25, 0.3) is 0 Å². The highest BCUT2D eigenvalue weighted by Gasteiger charge is 1.96. The van der Waals surface area contributed by atoms with E-state index in [0.717, 1.165) is 24.2 Å². The fraction of sp³-hybridized carbons (Fsp3) is 0.143. The third-order valence-corrected chi connectivity index (χ3v) is 2.37. The highest BCUT2D eigenvalue weighted by atomic mass is 16.5. The number of pyridine rings is 1. The maximum absolute atomic E-state index is 10.5. The number of carbonyl (C=O) groups excluding carboxylic acids is 1. The van der Waals surface area contributed by atoms with Crippen LogP contribution < -0.4 is 4.74 Å². The first-order valence-corrected chi connectivity index (χ1v) is 5.46. The second-order valence-electron chi connectivity index (χ2n) is 3.61. The molecule has 0 atom stereocenters. The van der Waals surface area contributed by atoms with Crippen molar-refractivity contribution < 1.29 is 9.53 Å². The van der Waals surface area contributed by atoms with Crippen molar-refractivity contribution in [1.29, 1.82) is 0 Å². The molecule has 17 heavy (non-hydrogen) atoms.